The Labute approximate surface area is 185 Å². The van der Waals surface area contributed by atoms with Crippen molar-refractivity contribution in [1.82, 2.24) is 29.5 Å². The molecule has 166 valence electrons. The predicted molar refractivity (Wildman–Crippen MR) is 114 cm³/mol. The standard InChI is InChI=1S/C23H16F4N6/c1-33-12-18(23(25,26)27)31-22(33)14-6-4-13(5-7-14)9-15-10-29-17-11-30-21(32-19(15)17)16-3-2-8-28-20(16)24/h2-8,10-12,29H,9H2,1H3. The van der Waals surface area contributed by atoms with Crippen LogP contribution in [0.2, 0.25) is 0 Å². The molecule has 0 atom stereocenters. The number of H-pyrrole nitrogens is 1. The average Bonchev–Trinajstić information content (AvgIpc) is 3.38. The van der Waals surface area contributed by atoms with Gasteiger partial charge in [-0.05, 0) is 17.7 Å². The zero-order valence-corrected chi connectivity index (χ0v) is 17.2. The van der Waals surface area contributed by atoms with E-state index < -0.39 is 17.8 Å². The van der Waals surface area contributed by atoms with Crippen LogP contribution in [0, 0.1) is 5.95 Å². The summed E-state index contributed by atoms with van der Waals surface area (Å²) in [5.74, 6) is -0.177. The lowest BCUT2D eigenvalue weighted by atomic mass is 10.0. The van der Waals surface area contributed by atoms with Crippen LogP contribution in [0.3, 0.4) is 0 Å². The molecule has 0 radical (unpaired) electrons. The summed E-state index contributed by atoms with van der Waals surface area (Å²) in [5.41, 5.74) is 3.04. The number of nitrogens with one attached hydrogen (secondary N) is 1. The number of hydrogen-bond acceptors (Lipinski definition) is 4. The van der Waals surface area contributed by atoms with E-state index in [2.05, 4.69) is 24.9 Å². The number of hydrogen-bond donors (Lipinski definition) is 1. The maximum atomic E-state index is 14.1. The van der Waals surface area contributed by atoms with Crippen LogP contribution in [-0.4, -0.2) is 29.5 Å². The molecule has 0 saturated heterocycles. The number of imidazole rings is 1. The number of alkyl halides is 3. The van der Waals surface area contributed by atoms with Crippen LogP contribution in [0.4, 0.5) is 17.6 Å². The third-order valence-electron chi connectivity index (χ3n) is 5.27. The summed E-state index contributed by atoms with van der Waals surface area (Å²) in [4.78, 5) is 19.2. The lowest BCUT2D eigenvalue weighted by Gasteiger charge is -2.05. The maximum Gasteiger partial charge on any atom is 0.434 e. The molecule has 0 fully saturated rings. The first-order chi connectivity index (χ1) is 15.8. The molecule has 5 rings (SSSR count). The van der Waals surface area contributed by atoms with E-state index in [1.807, 2.05) is 18.3 Å². The molecule has 5 aromatic rings. The summed E-state index contributed by atoms with van der Waals surface area (Å²) in [6.07, 6.45) is 1.75. The number of pyridine rings is 1. The Bertz CT molecular complexity index is 1450. The van der Waals surface area contributed by atoms with Crippen LogP contribution in [0.5, 0.6) is 0 Å². The van der Waals surface area contributed by atoms with Gasteiger partial charge >= 0.3 is 6.18 Å². The highest BCUT2D eigenvalue weighted by molar-refractivity contribution is 5.80. The van der Waals surface area contributed by atoms with Crippen LogP contribution in [0.25, 0.3) is 33.8 Å². The number of rotatable bonds is 4. The Morgan fingerprint density at radius 3 is 2.52 bits per heavy atom. The Balaban J connectivity index is 1.43. The van der Waals surface area contributed by atoms with Crippen molar-refractivity contribution in [2.75, 3.05) is 0 Å². The zero-order chi connectivity index (χ0) is 23.2. The van der Waals surface area contributed by atoms with Gasteiger partial charge in [-0.15, -0.1) is 0 Å². The van der Waals surface area contributed by atoms with E-state index in [0.717, 1.165) is 17.3 Å². The van der Waals surface area contributed by atoms with E-state index in [4.69, 9.17) is 0 Å². The topological polar surface area (TPSA) is 72.3 Å². The molecule has 0 aliphatic heterocycles. The summed E-state index contributed by atoms with van der Waals surface area (Å²) in [6, 6.07) is 10.3. The highest BCUT2D eigenvalue weighted by Crippen LogP contribution is 2.31. The lowest BCUT2D eigenvalue weighted by molar-refractivity contribution is -0.140. The number of fused-ring (bicyclic) bond motifs is 1. The van der Waals surface area contributed by atoms with E-state index >= 15 is 0 Å². The van der Waals surface area contributed by atoms with Crippen LogP contribution in [0.15, 0.2) is 61.2 Å². The highest BCUT2D eigenvalue weighted by Gasteiger charge is 2.34. The van der Waals surface area contributed by atoms with Gasteiger partial charge in [0.1, 0.15) is 5.82 Å². The molecule has 0 aliphatic rings. The van der Waals surface area contributed by atoms with Gasteiger partial charge in [0.2, 0.25) is 5.95 Å². The SMILES string of the molecule is Cn1cc(C(F)(F)F)nc1-c1ccc(Cc2c[nH]c3cnc(-c4cccnc4F)nc23)cc1. The Hall–Kier alpha value is -4.08. The van der Waals surface area contributed by atoms with Gasteiger partial charge in [0.05, 0.1) is 22.8 Å². The fourth-order valence-corrected chi connectivity index (χ4v) is 3.65. The normalized spacial score (nSPS) is 11.9. The Morgan fingerprint density at radius 2 is 1.82 bits per heavy atom. The van der Waals surface area contributed by atoms with E-state index in [1.165, 1.54) is 17.8 Å². The van der Waals surface area contributed by atoms with Gasteiger partial charge in [-0.2, -0.15) is 17.6 Å². The molecule has 0 amide bonds. The van der Waals surface area contributed by atoms with Crippen molar-refractivity contribution in [2.45, 2.75) is 12.6 Å². The van der Waals surface area contributed by atoms with Crippen molar-refractivity contribution in [3.8, 4) is 22.8 Å². The minimum absolute atomic E-state index is 0.212. The number of halogens is 4. The molecule has 4 aromatic heterocycles. The van der Waals surface area contributed by atoms with E-state index in [9.17, 15) is 17.6 Å². The fraction of sp³-hybridized carbons (Fsp3) is 0.130. The maximum absolute atomic E-state index is 14.1. The van der Waals surface area contributed by atoms with Crippen molar-refractivity contribution in [3.63, 3.8) is 0 Å². The summed E-state index contributed by atoms with van der Waals surface area (Å²) in [5, 5.41) is 0. The second-order valence-corrected chi connectivity index (χ2v) is 7.54. The number of aryl methyl sites for hydroxylation is 1. The van der Waals surface area contributed by atoms with Gasteiger partial charge in [0, 0.05) is 43.2 Å². The van der Waals surface area contributed by atoms with E-state index in [-0.39, 0.29) is 17.2 Å². The molecule has 4 heterocycles. The molecule has 6 nitrogen and oxygen atoms in total. The second-order valence-electron chi connectivity index (χ2n) is 7.54. The van der Waals surface area contributed by atoms with Crippen molar-refractivity contribution < 1.29 is 17.6 Å². The van der Waals surface area contributed by atoms with Crippen molar-refractivity contribution in [2.24, 2.45) is 7.05 Å². The summed E-state index contributed by atoms with van der Waals surface area (Å²) >= 11 is 0. The minimum atomic E-state index is -4.50. The summed E-state index contributed by atoms with van der Waals surface area (Å²) in [7, 11) is 1.53. The number of nitrogens with zero attached hydrogens (tertiary/aromatic N) is 5. The Morgan fingerprint density at radius 1 is 1.03 bits per heavy atom. The Kier molecular flexibility index (Phi) is 4.92. The molecule has 1 N–H and O–H groups in total. The first-order valence-electron chi connectivity index (χ1n) is 9.93. The summed E-state index contributed by atoms with van der Waals surface area (Å²) in [6.45, 7) is 0. The van der Waals surface area contributed by atoms with Gasteiger partial charge < -0.3 is 9.55 Å². The van der Waals surface area contributed by atoms with Crippen LogP contribution < -0.4 is 0 Å². The highest BCUT2D eigenvalue weighted by atomic mass is 19.4. The van der Waals surface area contributed by atoms with E-state index in [1.54, 1.807) is 30.5 Å². The smallest absolute Gasteiger partial charge is 0.358 e. The molecule has 0 aliphatic carbocycles. The van der Waals surface area contributed by atoms with Gasteiger partial charge in [-0.3, -0.25) is 0 Å². The second kappa shape index (κ2) is 7.80. The zero-order valence-electron chi connectivity index (χ0n) is 17.2. The molecule has 0 unspecified atom stereocenters. The molecule has 0 saturated carbocycles. The lowest BCUT2D eigenvalue weighted by Crippen LogP contribution is -2.04. The summed E-state index contributed by atoms with van der Waals surface area (Å²) < 4.78 is 54.2. The number of aromatic amines is 1. The van der Waals surface area contributed by atoms with Crippen molar-refractivity contribution in [1.29, 1.82) is 0 Å². The quantitative estimate of drug-likeness (QED) is 0.302. The van der Waals surface area contributed by atoms with Gasteiger partial charge in [-0.1, -0.05) is 24.3 Å². The van der Waals surface area contributed by atoms with Crippen molar-refractivity contribution in [3.05, 3.63) is 84.0 Å². The van der Waals surface area contributed by atoms with Crippen LogP contribution in [0.1, 0.15) is 16.8 Å². The predicted octanol–water partition coefficient (Wildman–Crippen LogP) is 5.17. The van der Waals surface area contributed by atoms with Crippen molar-refractivity contribution >= 4 is 11.0 Å². The monoisotopic (exact) mass is 452 g/mol. The number of benzene rings is 1. The minimum Gasteiger partial charge on any atom is -0.358 e. The van der Waals surface area contributed by atoms with Crippen LogP contribution in [-0.2, 0) is 19.6 Å². The molecule has 1 aromatic carbocycles. The van der Waals surface area contributed by atoms with Gasteiger partial charge in [-0.25, -0.2) is 19.9 Å². The number of aromatic nitrogens is 6. The molecule has 0 spiro atoms. The average molecular weight is 452 g/mol. The van der Waals surface area contributed by atoms with Gasteiger partial charge in [0.25, 0.3) is 0 Å². The van der Waals surface area contributed by atoms with Gasteiger partial charge in [0.15, 0.2) is 11.5 Å². The van der Waals surface area contributed by atoms with Crippen LogP contribution >= 0.6 is 0 Å². The molecule has 0 bridgehead atoms. The molecular weight excluding hydrogens is 436 g/mol. The fourth-order valence-electron chi connectivity index (χ4n) is 3.65. The first-order valence-corrected chi connectivity index (χ1v) is 9.93. The van der Waals surface area contributed by atoms with E-state index in [0.29, 0.717) is 23.0 Å². The first kappa shape index (κ1) is 20.8. The molecular formula is C23H16F4N6. The molecule has 10 heteroatoms. The largest absolute Gasteiger partial charge is 0.434 e. The third kappa shape index (κ3) is 3.95. The molecule has 33 heavy (non-hydrogen) atoms. The third-order valence-corrected chi connectivity index (χ3v) is 5.27.